The maximum Gasteiger partial charge on any atom is 0.523 e. The molecule has 48 heteroatoms. The van der Waals surface area contributed by atoms with Crippen molar-refractivity contribution in [3.05, 3.63) is 275 Å². The number of aromatic nitrogens is 6. The van der Waals surface area contributed by atoms with Gasteiger partial charge in [0.15, 0.2) is 6.61 Å². The normalized spacial score (nSPS) is 17.6. The van der Waals surface area contributed by atoms with Gasteiger partial charge in [0.05, 0.1) is 46.9 Å². The number of H-pyrrole nitrogens is 1. The Morgan fingerprint density at radius 2 is 0.775 bits per heavy atom. The van der Waals surface area contributed by atoms with Crippen LogP contribution in [0.5, 0.6) is 0 Å². The van der Waals surface area contributed by atoms with Gasteiger partial charge in [0.2, 0.25) is 0 Å². The van der Waals surface area contributed by atoms with Gasteiger partial charge in [-0.2, -0.15) is 74.3 Å². The first-order valence-corrected chi connectivity index (χ1v) is 42.2. The molecule has 0 spiro atoms. The van der Waals surface area contributed by atoms with Crippen LogP contribution in [0.2, 0.25) is 30.1 Å². The molecule has 129 heavy (non-hydrogen) atoms. The van der Waals surface area contributed by atoms with Crippen LogP contribution in [0, 0.1) is 11.6 Å². The first-order valence-electron chi connectivity index (χ1n) is 38.5. The summed E-state index contributed by atoms with van der Waals surface area (Å²) in [5.74, 6) is -1.70. The third kappa shape index (κ3) is 22.8. The number of amides is 3. The summed E-state index contributed by atoms with van der Waals surface area (Å²) in [5, 5.41) is 10.3. The molecule has 3 atom stereocenters. The lowest BCUT2D eigenvalue weighted by molar-refractivity contribution is -0.156. The van der Waals surface area contributed by atoms with E-state index in [0.29, 0.717) is 112 Å². The number of anilines is 6. The molecule has 0 saturated carbocycles. The summed E-state index contributed by atoms with van der Waals surface area (Å²) >= 11 is 37.1. The van der Waals surface area contributed by atoms with Gasteiger partial charge in [-0.3, -0.25) is 52.1 Å². The fraction of sp³-hybridized carbons (Fsp3) is 0.333. The molecule has 6 aromatic carbocycles. The number of para-hydroxylation sites is 1. The van der Waals surface area contributed by atoms with Crippen molar-refractivity contribution in [1.82, 2.24) is 43.2 Å². The van der Waals surface area contributed by atoms with Crippen molar-refractivity contribution in [3.8, 4) is 0 Å². The van der Waals surface area contributed by atoms with Crippen LogP contribution in [0.15, 0.2) is 200 Å². The molecule has 3 N–H and O–H groups in total. The van der Waals surface area contributed by atoms with Gasteiger partial charge in [-0.1, -0.05) is 106 Å². The van der Waals surface area contributed by atoms with E-state index < -0.39 is 113 Å². The molecule has 0 radical (unpaired) electrons. The van der Waals surface area contributed by atoms with Crippen LogP contribution < -0.4 is 46.9 Å². The lowest BCUT2D eigenvalue weighted by atomic mass is 9.93. The Balaban J connectivity index is 0.000000165. The monoisotopic (exact) mass is 1960 g/mol. The molecule has 15 rings (SSSR count). The highest BCUT2D eigenvalue weighted by Crippen LogP contribution is 2.46. The van der Waals surface area contributed by atoms with Crippen molar-refractivity contribution in [2.75, 3.05) is 122 Å². The number of piperazine rings is 3. The summed E-state index contributed by atoms with van der Waals surface area (Å²) in [6.45, 7) is 2.35. The first kappa shape index (κ1) is 97.3. The van der Waals surface area contributed by atoms with Crippen LogP contribution in [-0.2, 0) is 41.8 Å². The second kappa shape index (κ2) is 38.7. The van der Waals surface area contributed by atoms with Crippen molar-refractivity contribution in [3.63, 3.8) is 0 Å². The number of nitrogens with zero attached hydrogens (tertiary/aromatic N) is 12. The molecule has 9 aromatic rings. The Bertz CT molecular complexity index is 6090. The average Bonchev–Trinajstić information content (AvgIpc) is 1.62. The third-order valence-corrected chi connectivity index (χ3v) is 24.4. The molecule has 692 valence electrons. The molecule has 3 fully saturated rings. The highest BCUT2D eigenvalue weighted by molar-refractivity contribution is 7.87. The third-order valence-electron chi connectivity index (χ3n) is 21.2. The second-order valence-electron chi connectivity index (χ2n) is 29.8. The van der Waals surface area contributed by atoms with E-state index in [9.17, 15) is 112 Å². The number of halogens is 23. The molecular formula is C81H72Cl6F17N15O9S. The summed E-state index contributed by atoms with van der Waals surface area (Å²) in [7, 11) is -6.15. The van der Waals surface area contributed by atoms with Gasteiger partial charge in [0.25, 0.3) is 34.4 Å². The van der Waals surface area contributed by atoms with E-state index in [4.69, 9.17) is 69.6 Å². The molecule has 0 aliphatic carbocycles. The van der Waals surface area contributed by atoms with Crippen molar-refractivity contribution >= 4 is 132 Å². The van der Waals surface area contributed by atoms with Crippen LogP contribution in [-0.4, -0.2) is 191 Å². The van der Waals surface area contributed by atoms with Crippen LogP contribution >= 0.6 is 69.6 Å². The molecule has 24 nitrogen and oxygen atoms in total. The number of carbonyl (C=O) groups is 3. The van der Waals surface area contributed by atoms with Crippen molar-refractivity contribution in [2.45, 2.75) is 82.2 Å². The number of allylic oxidation sites excluding steroid dienone is 3. The van der Waals surface area contributed by atoms with E-state index in [1.807, 2.05) is 45.9 Å². The van der Waals surface area contributed by atoms with Gasteiger partial charge in [0.1, 0.15) is 66.8 Å². The molecule has 3 unspecified atom stereocenters. The van der Waals surface area contributed by atoms with E-state index in [-0.39, 0.29) is 89.3 Å². The summed E-state index contributed by atoms with van der Waals surface area (Å²) in [6, 6.07) is 36.0. The Hall–Kier alpha value is -10.8. The number of nitrogens with one attached hydrogen (secondary N) is 3. The van der Waals surface area contributed by atoms with Crippen molar-refractivity contribution in [1.29, 1.82) is 0 Å². The number of alkyl halides is 15. The number of hydrogen-bond acceptors (Lipinski definition) is 15. The molecule has 3 amide bonds. The quantitative estimate of drug-likeness (QED) is 0.0522. The number of carbonyl (C=O) groups excluding carboxylic acids is 3. The fourth-order valence-electron chi connectivity index (χ4n) is 15.3. The van der Waals surface area contributed by atoms with Crippen LogP contribution in [0.1, 0.15) is 55.6 Å². The van der Waals surface area contributed by atoms with E-state index in [1.54, 1.807) is 59.0 Å². The van der Waals surface area contributed by atoms with E-state index in [0.717, 1.165) is 45.5 Å². The SMILES string of the molecule is CC1=C(C(=O)N2CCN(c3ccc(F)cc3)CC2)C(c2ccc(Cl)c(Cl)c2)n2c(cc(=O)n2CC(F)(F)F)N1.CC1=C(C(=O)N2CCN(c3ccc(F)cc3)CC2)C(c2ccc(Cl)c(Cl)c2)n2c(cc(=O)n2CC(F)(F)F)N1CC(F)(F)F.CC1=C(C(=O)N2CCN(c3ccccc3)CC2)C(c2ccc(Cl)c(Cl)c2)n2[nH]c(=O)cc2N1.O=S(=O)(OCC(F)(F)F)C(F)(F)F. The zero-order chi connectivity index (χ0) is 94.2. The topological polar surface area (TPSA) is 233 Å². The van der Waals surface area contributed by atoms with E-state index in [1.165, 1.54) is 72.5 Å². The number of benzene rings is 6. The smallest absolute Gasteiger partial charge is 0.368 e. The largest absolute Gasteiger partial charge is 0.523 e. The fourth-order valence-corrected chi connectivity index (χ4v) is 16.7. The first-order chi connectivity index (χ1) is 60.3. The Labute approximate surface area is 751 Å². The zero-order valence-corrected chi connectivity index (χ0v) is 72.5. The van der Waals surface area contributed by atoms with E-state index >= 15 is 0 Å². The molecule has 6 aliphatic rings. The highest BCUT2D eigenvalue weighted by atomic mass is 35.5. The van der Waals surface area contributed by atoms with Crippen molar-refractivity contribution < 1.29 is 102 Å². The van der Waals surface area contributed by atoms with Crippen LogP contribution in [0.3, 0.4) is 0 Å². The number of fused-ring (bicyclic) bond motifs is 3. The predicted octanol–water partition coefficient (Wildman–Crippen LogP) is 17.1. The minimum absolute atomic E-state index is 0.0160. The maximum atomic E-state index is 14.2. The lowest BCUT2D eigenvalue weighted by Crippen LogP contribution is -2.51. The van der Waals surface area contributed by atoms with E-state index in [2.05, 4.69) is 36.9 Å². The minimum Gasteiger partial charge on any atom is -0.368 e. The highest BCUT2D eigenvalue weighted by Gasteiger charge is 2.50. The maximum absolute atomic E-state index is 14.2. The van der Waals surface area contributed by atoms with Crippen LogP contribution in [0.4, 0.5) is 109 Å². The number of hydrogen-bond donors (Lipinski definition) is 3. The number of rotatable bonds is 14. The summed E-state index contributed by atoms with van der Waals surface area (Å²) in [6.07, 6.45) is -19.6. The van der Waals surface area contributed by atoms with Gasteiger partial charge >= 0.3 is 40.3 Å². The zero-order valence-electron chi connectivity index (χ0n) is 67.1. The molecule has 0 bridgehead atoms. The van der Waals surface area contributed by atoms with Crippen molar-refractivity contribution in [2.24, 2.45) is 0 Å². The molecule has 3 aromatic heterocycles. The summed E-state index contributed by atoms with van der Waals surface area (Å²) in [5.41, 5.74) is -2.77. The molecule has 6 aliphatic heterocycles. The summed E-state index contributed by atoms with van der Waals surface area (Å²) in [4.78, 5) is 91.4. The molecule has 3 saturated heterocycles. The standard InChI is InChI=1S/C28H24Cl2F7N5O2.C26H23Cl2F4N5O2.C24H23Cl2N5O2.C3H2F6O3S/c1-16-24(26(44)39-10-8-38(9-11-39)19-5-3-18(31)4-6-19)25(17-2-7-20(29)21(30)12-17)42-22(40(16)14-27(32,33)34)13-23(43)41(42)15-28(35,36)37;1-15-23(25(39)35-10-8-34(9-11-35)18-5-3-17(29)4-6-18)24(16-2-7-19(27)20(28)12-16)37-21(33-15)13-22(38)36(37)14-26(30,31)32;1-15-22(24(33)30-11-9-29(10-12-30)17-5-3-2-4-6-17)23(16-7-8-18(25)19(26)13-16)31-20(27-15)14-21(32)28-31;4-2(5,6)1-12-13(10,11)3(7,8)9/h2-7,12-13,25H,8-11,14-15H2,1H3;2-7,12-13,24,33H,8-11,14H2,1H3;2-8,13-14,23,27H,9-12H2,1H3,(H,28,32);1H2. The minimum atomic E-state index is -6.15. The average molecular weight is 1970 g/mol. The Morgan fingerprint density at radius 1 is 0.411 bits per heavy atom. The summed E-state index contributed by atoms with van der Waals surface area (Å²) < 4.78 is 244. The molecular weight excluding hydrogens is 1890 g/mol. The Morgan fingerprint density at radius 3 is 1.17 bits per heavy atom. The number of aromatic amines is 1. The van der Waals surface area contributed by atoms with Gasteiger partial charge in [-0.25, -0.2) is 18.1 Å². The van der Waals surface area contributed by atoms with Gasteiger partial charge < -0.3 is 44.9 Å². The van der Waals surface area contributed by atoms with Gasteiger partial charge in [-0.15, -0.1) is 0 Å². The lowest BCUT2D eigenvalue weighted by Gasteiger charge is -2.42. The molecule has 9 heterocycles. The van der Waals surface area contributed by atoms with Gasteiger partial charge in [0, 0.05) is 131 Å². The predicted molar refractivity (Wildman–Crippen MR) is 450 cm³/mol. The second-order valence-corrected chi connectivity index (χ2v) is 33.8. The van der Waals surface area contributed by atoms with Gasteiger partial charge in [-0.05, 0) is 135 Å². The Kier molecular flexibility index (Phi) is 29.2. The van der Waals surface area contributed by atoms with Crippen LogP contribution in [0.25, 0.3) is 0 Å².